The molecule has 0 unspecified atom stereocenters. The Labute approximate surface area is 124 Å². The van der Waals surface area contributed by atoms with E-state index in [2.05, 4.69) is 26.2 Å². The average Bonchev–Trinajstić information content (AvgIpc) is 2.32. The van der Waals surface area contributed by atoms with Crippen LogP contribution in [0.2, 0.25) is 10.2 Å². The molecule has 1 N–H and O–H groups in total. The molecule has 18 heavy (non-hydrogen) atoms. The summed E-state index contributed by atoms with van der Waals surface area (Å²) < 4.78 is 0.972. The fourth-order valence-electron chi connectivity index (χ4n) is 1.52. The van der Waals surface area contributed by atoms with Gasteiger partial charge in [-0.05, 0) is 36.2 Å². The molecule has 0 saturated carbocycles. The van der Waals surface area contributed by atoms with Crippen molar-refractivity contribution in [1.29, 1.82) is 0 Å². The highest BCUT2D eigenvalue weighted by Crippen LogP contribution is 2.23. The van der Waals surface area contributed by atoms with E-state index in [9.17, 15) is 0 Å². The first-order valence-electron chi connectivity index (χ1n) is 5.36. The Morgan fingerprint density at radius 3 is 2.72 bits per heavy atom. The molecule has 0 saturated heterocycles. The van der Waals surface area contributed by atoms with Crippen molar-refractivity contribution in [2.24, 2.45) is 0 Å². The van der Waals surface area contributed by atoms with E-state index in [0.29, 0.717) is 11.7 Å². The van der Waals surface area contributed by atoms with E-state index in [0.717, 1.165) is 26.3 Å². The van der Waals surface area contributed by atoms with Gasteiger partial charge in [-0.15, -0.1) is 0 Å². The Morgan fingerprint density at radius 2 is 2.06 bits per heavy atom. The number of anilines is 1. The van der Waals surface area contributed by atoms with E-state index < -0.39 is 0 Å². The maximum absolute atomic E-state index is 6.15. The van der Waals surface area contributed by atoms with Crippen LogP contribution in [-0.2, 0) is 6.54 Å². The summed E-state index contributed by atoms with van der Waals surface area (Å²) in [5.41, 5.74) is 2.91. The maximum atomic E-state index is 6.15. The lowest BCUT2D eigenvalue weighted by molar-refractivity contribution is 1.13. The molecule has 2 rings (SSSR count). The van der Waals surface area contributed by atoms with Gasteiger partial charge in [-0.2, -0.15) is 0 Å². The third-order valence-electron chi connectivity index (χ3n) is 2.51. The van der Waals surface area contributed by atoms with Gasteiger partial charge in [0.2, 0.25) is 0 Å². The molecule has 0 atom stereocenters. The molecule has 0 aliphatic carbocycles. The Morgan fingerprint density at radius 1 is 1.28 bits per heavy atom. The summed E-state index contributed by atoms with van der Waals surface area (Å²) in [6.45, 7) is 2.57. The van der Waals surface area contributed by atoms with Crippen molar-refractivity contribution in [3.8, 4) is 0 Å². The molecule has 2 aromatic rings. The van der Waals surface area contributed by atoms with Crippen LogP contribution in [0.1, 0.15) is 11.1 Å². The number of pyridine rings is 1. The van der Waals surface area contributed by atoms with Crippen molar-refractivity contribution in [3.63, 3.8) is 0 Å². The zero-order valence-electron chi connectivity index (χ0n) is 9.67. The van der Waals surface area contributed by atoms with Crippen LogP contribution in [0.5, 0.6) is 0 Å². The minimum atomic E-state index is 0.530. The van der Waals surface area contributed by atoms with Gasteiger partial charge in [0, 0.05) is 16.0 Å². The topological polar surface area (TPSA) is 24.9 Å². The molecule has 0 fully saturated rings. The Balaban J connectivity index is 2.09. The van der Waals surface area contributed by atoms with Crippen LogP contribution in [0, 0.1) is 6.92 Å². The lowest BCUT2D eigenvalue weighted by Crippen LogP contribution is -2.01. The van der Waals surface area contributed by atoms with E-state index >= 15 is 0 Å². The first-order chi connectivity index (χ1) is 8.56. The summed E-state index contributed by atoms with van der Waals surface area (Å²) in [6.07, 6.45) is 1.71. The van der Waals surface area contributed by atoms with Crippen LogP contribution in [-0.4, -0.2) is 4.98 Å². The van der Waals surface area contributed by atoms with Crippen molar-refractivity contribution in [2.45, 2.75) is 13.5 Å². The van der Waals surface area contributed by atoms with Crippen molar-refractivity contribution in [1.82, 2.24) is 4.98 Å². The normalized spacial score (nSPS) is 10.4. The average molecular weight is 346 g/mol. The lowest BCUT2D eigenvalue weighted by atomic mass is 10.2. The third kappa shape index (κ3) is 3.37. The van der Waals surface area contributed by atoms with Gasteiger partial charge in [-0.3, -0.25) is 0 Å². The summed E-state index contributed by atoms with van der Waals surface area (Å²) in [5, 5.41) is 4.53. The van der Waals surface area contributed by atoms with Crippen molar-refractivity contribution in [2.75, 3.05) is 5.32 Å². The van der Waals surface area contributed by atoms with E-state index in [1.165, 1.54) is 0 Å². The van der Waals surface area contributed by atoms with E-state index in [4.69, 9.17) is 23.2 Å². The summed E-state index contributed by atoms with van der Waals surface area (Å²) in [7, 11) is 0. The molecule has 0 aliphatic heterocycles. The van der Waals surface area contributed by atoms with E-state index in [-0.39, 0.29) is 0 Å². The molecule has 0 radical (unpaired) electrons. The summed E-state index contributed by atoms with van der Waals surface area (Å²) in [4.78, 5) is 4.09. The summed E-state index contributed by atoms with van der Waals surface area (Å²) in [6, 6.07) is 7.79. The van der Waals surface area contributed by atoms with Gasteiger partial charge >= 0.3 is 0 Å². The van der Waals surface area contributed by atoms with Crippen LogP contribution in [0.3, 0.4) is 0 Å². The van der Waals surface area contributed by atoms with Crippen LogP contribution in [0.15, 0.2) is 34.9 Å². The quantitative estimate of drug-likeness (QED) is 0.785. The second-order valence-corrected chi connectivity index (χ2v) is 5.60. The van der Waals surface area contributed by atoms with Crippen LogP contribution in [0.25, 0.3) is 0 Å². The molecular formula is C13H11BrCl2N2. The highest BCUT2D eigenvalue weighted by Gasteiger charge is 2.02. The number of halogens is 3. The Hall–Kier alpha value is -0.770. The first-order valence-corrected chi connectivity index (χ1v) is 6.91. The second-order valence-electron chi connectivity index (χ2n) is 3.92. The minimum absolute atomic E-state index is 0.530. The highest BCUT2D eigenvalue weighted by molar-refractivity contribution is 9.10. The molecule has 1 aromatic carbocycles. The highest BCUT2D eigenvalue weighted by atomic mass is 79.9. The SMILES string of the molecule is Cc1cc(NCc2ccc(Br)cc2Cl)cnc1Cl. The maximum Gasteiger partial charge on any atom is 0.132 e. The molecule has 0 aliphatic rings. The third-order valence-corrected chi connectivity index (χ3v) is 3.75. The predicted octanol–water partition coefficient (Wildman–Crippen LogP) is 5.07. The zero-order valence-corrected chi connectivity index (χ0v) is 12.8. The zero-order chi connectivity index (χ0) is 13.1. The number of aromatic nitrogens is 1. The summed E-state index contributed by atoms with van der Waals surface area (Å²) in [5.74, 6) is 0. The molecule has 0 spiro atoms. The number of benzene rings is 1. The molecule has 0 amide bonds. The summed E-state index contributed by atoms with van der Waals surface area (Å²) >= 11 is 15.4. The van der Waals surface area contributed by atoms with Crippen LogP contribution >= 0.6 is 39.1 Å². The lowest BCUT2D eigenvalue weighted by Gasteiger charge is -2.09. The standard InChI is InChI=1S/C13H11BrCl2N2/c1-8-4-11(7-18-13(8)16)17-6-9-2-3-10(14)5-12(9)15/h2-5,7,17H,6H2,1H3. The monoisotopic (exact) mass is 344 g/mol. The Bertz CT molecular complexity index is 573. The van der Waals surface area contributed by atoms with Crippen molar-refractivity contribution in [3.05, 3.63) is 56.2 Å². The fourth-order valence-corrected chi connectivity index (χ4v) is 2.36. The Kier molecular flexibility index (Phi) is 4.49. The molecular weight excluding hydrogens is 335 g/mol. The van der Waals surface area contributed by atoms with Crippen molar-refractivity contribution < 1.29 is 0 Å². The largest absolute Gasteiger partial charge is 0.380 e. The van der Waals surface area contributed by atoms with Crippen molar-refractivity contribution >= 4 is 44.8 Å². The number of hydrogen-bond donors (Lipinski definition) is 1. The van der Waals surface area contributed by atoms with Gasteiger partial charge in [-0.1, -0.05) is 45.2 Å². The number of rotatable bonds is 3. The molecule has 2 nitrogen and oxygen atoms in total. The smallest absolute Gasteiger partial charge is 0.132 e. The molecule has 94 valence electrons. The van der Waals surface area contributed by atoms with Crippen LogP contribution in [0.4, 0.5) is 5.69 Å². The second kappa shape index (κ2) is 5.91. The number of aryl methyl sites for hydroxylation is 1. The molecule has 1 aromatic heterocycles. The minimum Gasteiger partial charge on any atom is -0.380 e. The van der Waals surface area contributed by atoms with E-state index in [1.807, 2.05) is 31.2 Å². The molecule has 0 bridgehead atoms. The first kappa shape index (κ1) is 13.7. The van der Waals surface area contributed by atoms with Gasteiger partial charge in [0.1, 0.15) is 5.15 Å². The van der Waals surface area contributed by atoms with Gasteiger partial charge in [-0.25, -0.2) is 4.98 Å². The molecule has 5 heteroatoms. The van der Waals surface area contributed by atoms with Gasteiger partial charge in [0.05, 0.1) is 11.9 Å². The van der Waals surface area contributed by atoms with Gasteiger partial charge in [0.25, 0.3) is 0 Å². The van der Waals surface area contributed by atoms with E-state index in [1.54, 1.807) is 6.20 Å². The predicted molar refractivity (Wildman–Crippen MR) is 80.5 cm³/mol. The van der Waals surface area contributed by atoms with Gasteiger partial charge in [0.15, 0.2) is 0 Å². The number of nitrogens with one attached hydrogen (secondary N) is 1. The fraction of sp³-hybridized carbons (Fsp3) is 0.154. The van der Waals surface area contributed by atoms with Crippen LogP contribution < -0.4 is 5.32 Å². The van der Waals surface area contributed by atoms with Gasteiger partial charge < -0.3 is 5.32 Å². The number of nitrogens with zero attached hydrogens (tertiary/aromatic N) is 1. The molecule has 1 heterocycles. The number of hydrogen-bond acceptors (Lipinski definition) is 2.